The molecule has 0 fully saturated rings. The predicted octanol–water partition coefficient (Wildman–Crippen LogP) is 1.64. The highest BCUT2D eigenvalue weighted by atomic mass is 16.5. The number of nitrogens with one attached hydrogen (secondary N) is 1. The Hall–Kier alpha value is -1.72. The number of hydrogen-bond donors (Lipinski definition) is 1. The second-order valence-corrected chi connectivity index (χ2v) is 4.36. The van der Waals surface area contributed by atoms with Gasteiger partial charge in [-0.25, -0.2) is 0 Å². The molecule has 0 unspecified atom stereocenters. The summed E-state index contributed by atoms with van der Waals surface area (Å²) in [5.41, 5.74) is 3.58. The topological polar surface area (TPSA) is 52.0 Å². The van der Waals surface area contributed by atoms with Crippen molar-refractivity contribution < 1.29 is 4.74 Å². The van der Waals surface area contributed by atoms with E-state index in [0.717, 1.165) is 25.4 Å². The fourth-order valence-corrected chi connectivity index (χ4v) is 1.88. The molecule has 19 heavy (non-hydrogen) atoms. The molecule has 0 atom stereocenters. The lowest BCUT2D eigenvalue weighted by molar-refractivity contribution is 0.133. The van der Waals surface area contributed by atoms with Gasteiger partial charge in [-0.05, 0) is 18.1 Å². The van der Waals surface area contributed by atoms with Gasteiger partial charge in [0.2, 0.25) is 0 Å². The lowest BCUT2D eigenvalue weighted by Crippen LogP contribution is -2.16. The van der Waals surface area contributed by atoms with E-state index in [1.165, 1.54) is 11.1 Å². The van der Waals surface area contributed by atoms with E-state index < -0.39 is 0 Å². The molecule has 0 saturated carbocycles. The van der Waals surface area contributed by atoms with Gasteiger partial charge in [0.15, 0.2) is 0 Å². The van der Waals surface area contributed by atoms with Crippen molar-refractivity contribution in [1.29, 1.82) is 0 Å². The van der Waals surface area contributed by atoms with Gasteiger partial charge >= 0.3 is 0 Å². The van der Waals surface area contributed by atoms with Gasteiger partial charge in [-0.2, -0.15) is 0 Å². The Morgan fingerprint density at radius 2 is 2.00 bits per heavy atom. The fourth-order valence-electron chi connectivity index (χ4n) is 1.88. The van der Waals surface area contributed by atoms with E-state index in [2.05, 4.69) is 33.8 Å². The first-order valence-corrected chi connectivity index (χ1v) is 6.50. The summed E-state index contributed by atoms with van der Waals surface area (Å²) in [6.45, 7) is 4.99. The smallest absolute Gasteiger partial charge is 0.0738 e. The minimum atomic E-state index is 0.668. The maximum atomic E-state index is 5.48. The molecule has 0 saturated heterocycles. The molecule has 5 heteroatoms. The average Bonchev–Trinajstić information content (AvgIpc) is 2.83. The van der Waals surface area contributed by atoms with Crippen LogP contribution in [0, 0.1) is 0 Å². The summed E-state index contributed by atoms with van der Waals surface area (Å²) in [5.74, 6) is 0. The molecule has 0 radical (unpaired) electrons. The normalized spacial score (nSPS) is 10.8. The molecule has 0 aliphatic rings. The van der Waals surface area contributed by atoms with Crippen LogP contribution in [0.25, 0.3) is 0 Å². The van der Waals surface area contributed by atoms with Gasteiger partial charge in [-0.3, -0.25) is 4.68 Å². The molecule has 0 aliphatic carbocycles. The first kappa shape index (κ1) is 13.7. The molecule has 0 spiro atoms. The van der Waals surface area contributed by atoms with Gasteiger partial charge in [-0.15, -0.1) is 5.10 Å². The van der Waals surface area contributed by atoms with Crippen LogP contribution in [0.5, 0.6) is 0 Å². The van der Waals surface area contributed by atoms with E-state index in [9.17, 15) is 0 Å². The molecular formula is C14H20N4O. The maximum Gasteiger partial charge on any atom is 0.0738 e. The lowest BCUT2D eigenvalue weighted by atomic mass is 10.1. The SMILES string of the molecule is CCOCc1ccccc1CNCc1cnnn1C. The zero-order valence-electron chi connectivity index (χ0n) is 11.5. The maximum absolute atomic E-state index is 5.48. The predicted molar refractivity (Wildman–Crippen MR) is 73.3 cm³/mol. The van der Waals surface area contributed by atoms with E-state index >= 15 is 0 Å². The van der Waals surface area contributed by atoms with Crippen LogP contribution in [-0.4, -0.2) is 21.6 Å². The molecule has 0 amide bonds. The number of rotatable bonds is 7. The Morgan fingerprint density at radius 1 is 1.21 bits per heavy atom. The third-order valence-corrected chi connectivity index (χ3v) is 3.01. The summed E-state index contributed by atoms with van der Waals surface area (Å²) in [4.78, 5) is 0. The van der Waals surface area contributed by atoms with Crippen molar-refractivity contribution >= 4 is 0 Å². The van der Waals surface area contributed by atoms with Crippen molar-refractivity contribution in [2.24, 2.45) is 7.05 Å². The summed E-state index contributed by atoms with van der Waals surface area (Å²) in [6.07, 6.45) is 1.78. The highest BCUT2D eigenvalue weighted by Crippen LogP contribution is 2.10. The van der Waals surface area contributed by atoms with Crippen LogP contribution in [0.1, 0.15) is 23.7 Å². The molecule has 5 nitrogen and oxygen atoms in total. The van der Waals surface area contributed by atoms with Crippen LogP contribution in [0.2, 0.25) is 0 Å². The van der Waals surface area contributed by atoms with Gasteiger partial charge in [-0.1, -0.05) is 29.5 Å². The van der Waals surface area contributed by atoms with Gasteiger partial charge in [0.1, 0.15) is 0 Å². The molecule has 0 aliphatic heterocycles. The summed E-state index contributed by atoms with van der Waals surface area (Å²) < 4.78 is 7.26. The largest absolute Gasteiger partial charge is 0.377 e. The minimum Gasteiger partial charge on any atom is -0.377 e. The first-order chi connectivity index (χ1) is 9.31. The molecule has 2 aromatic rings. The third-order valence-electron chi connectivity index (χ3n) is 3.01. The van der Waals surface area contributed by atoms with E-state index in [-0.39, 0.29) is 0 Å². The van der Waals surface area contributed by atoms with Crippen molar-refractivity contribution in [2.45, 2.75) is 26.6 Å². The van der Waals surface area contributed by atoms with Crippen molar-refractivity contribution in [3.8, 4) is 0 Å². The first-order valence-electron chi connectivity index (χ1n) is 6.50. The van der Waals surface area contributed by atoms with Crippen LogP contribution in [-0.2, 0) is 31.5 Å². The van der Waals surface area contributed by atoms with Crippen LogP contribution >= 0.6 is 0 Å². The second-order valence-electron chi connectivity index (χ2n) is 4.36. The highest BCUT2D eigenvalue weighted by molar-refractivity contribution is 5.26. The number of aromatic nitrogens is 3. The molecule has 102 valence electrons. The van der Waals surface area contributed by atoms with E-state index in [0.29, 0.717) is 6.61 Å². The number of nitrogens with zero attached hydrogens (tertiary/aromatic N) is 3. The van der Waals surface area contributed by atoms with Gasteiger partial charge in [0, 0.05) is 26.7 Å². The molecule has 1 N–H and O–H groups in total. The zero-order valence-corrected chi connectivity index (χ0v) is 11.5. The van der Waals surface area contributed by atoms with Gasteiger partial charge in [0.05, 0.1) is 18.5 Å². The molecule has 2 rings (SSSR count). The fraction of sp³-hybridized carbons (Fsp3) is 0.429. The summed E-state index contributed by atoms with van der Waals surface area (Å²) in [5, 5.41) is 11.2. The summed E-state index contributed by atoms with van der Waals surface area (Å²) >= 11 is 0. The number of benzene rings is 1. The van der Waals surface area contributed by atoms with Crippen LogP contribution in [0.15, 0.2) is 30.5 Å². The third kappa shape index (κ3) is 3.87. The van der Waals surface area contributed by atoms with Crippen LogP contribution < -0.4 is 5.32 Å². The van der Waals surface area contributed by atoms with Crippen molar-refractivity contribution in [2.75, 3.05) is 6.61 Å². The Labute approximate surface area is 113 Å². The Balaban J connectivity index is 1.90. The Kier molecular flexibility index (Phi) is 5.06. The highest BCUT2D eigenvalue weighted by Gasteiger charge is 2.03. The molecule has 1 aromatic carbocycles. The number of hydrogen-bond acceptors (Lipinski definition) is 4. The molecule has 1 heterocycles. The molecular weight excluding hydrogens is 240 g/mol. The van der Waals surface area contributed by atoms with E-state index in [1.807, 2.05) is 20.0 Å². The second kappa shape index (κ2) is 7.01. The van der Waals surface area contributed by atoms with Crippen LogP contribution in [0.4, 0.5) is 0 Å². The quantitative estimate of drug-likeness (QED) is 0.822. The number of aryl methyl sites for hydroxylation is 1. The van der Waals surface area contributed by atoms with Crippen molar-refractivity contribution in [1.82, 2.24) is 20.3 Å². The monoisotopic (exact) mass is 260 g/mol. The van der Waals surface area contributed by atoms with Gasteiger partial charge < -0.3 is 10.1 Å². The van der Waals surface area contributed by atoms with E-state index in [1.54, 1.807) is 10.9 Å². The Morgan fingerprint density at radius 3 is 2.68 bits per heavy atom. The van der Waals surface area contributed by atoms with Gasteiger partial charge in [0.25, 0.3) is 0 Å². The zero-order chi connectivity index (χ0) is 13.5. The Bertz CT molecular complexity index is 510. The minimum absolute atomic E-state index is 0.668. The van der Waals surface area contributed by atoms with Crippen LogP contribution in [0.3, 0.4) is 0 Å². The van der Waals surface area contributed by atoms with Crippen molar-refractivity contribution in [3.63, 3.8) is 0 Å². The molecule has 1 aromatic heterocycles. The lowest BCUT2D eigenvalue weighted by Gasteiger charge is -2.10. The number of ether oxygens (including phenoxy) is 1. The summed E-state index contributed by atoms with van der Waals surface area (Å²) in [6, 6.07) is 8.34. The summed E-state index contributed by atoms with van der Waals surface area (Å²) in [7, 11) is 1.90. The average molecular weight is 260 g/mol. The molecule has 0 bridgehead atoms. The van der Waals surface area contributed by atoms with Crippen molar-refractivity contribution in [3.05, 3.63) is 47.3 Å². The van der Waals surface area contributed by atoms with E-state index in [4.69, 9.17) is 4.74 Å². The standard InChI is InChI=1S/C14H20N4O/c1-3-19-11-13-7-5-4-6-12(13)8-15-9-14-10-16-17-18(14)2/h4-7,10,15H,3,8-9,11H2,1-2H3.